The first kappa shape index (κ1) is 20.0. The molecule has 0 unspecified atom stereocenters. The predicted molar refractivity (Wildman–Crippen MR) is 112 cm³/mol. The van der Waals surface area contributed by atoms with E-state index >= 15 is 0 Å². The predicted octanol–water partition coefficient (Wildman–Crippen LogP) is 3.62. The minimum Gasteiger partial charge on any atom is -0.423 e. The fourth-order valence-electron chi connectivity index (χ4n) is 2.32. The fraction of sp³-hybridized carbons (Fsp3) is 0. The van der Waals surface area contributed by atoms with E-state index in [0.717, 1.165) is 5.56 Å². The summed E-state index contributed by atoms with van der Waals surface area (Å²) in [6, 6.07) is 23.9. The lowest BCUT2D eigenvalue weighted by Gasteiger charge is -2.03. The minimum atomic E-state index is -3.71. The number of ether oxygens (including phenoxy) is 1. The van der Waals surface area contributed by atoms with E-state index in [9.17, 15) is 13.2 Å². The topological polar surface area (TPSA) is 84.8 Å². The summed E-state index contributed by atoms with van der Waals surface area (Å²) in [4.78, 5) is 14.2. The van der Waals surface area contributed by atoms with Gasteiger partial charge in [0, 0.05) is 6.08 Å². The first-order valence-electron chi connectivity index (χ1n) is 8.68. The van der Waals surface area contributed by atoms with Crippen LogP contribution >= 0.6 is 0 Å². The number of hydrazone groups is 1. The quantitative estimate of drug-likeness (QED) is 0.214. The molecule has 3 aromatic carbocycles. The van der Waals surface area contributed by atoms with Crippen LogP contribution in [0, 0.1) is 0 Å². The zero-order valence-electron chi connectivity index (χ0n) is 15.3. The summed E-state index contributed by atoms with van der Waals surface area (Å²) >= 11 is 0. The van der Waals surface area contributed by atoms with E-state index in [4.69, 9.17) is 4.74 Å². The van der Waals surface area contributed by atoms with Crippen molar-refractivity contribution in [1.29, 1.82) is 0 Å². The van der Waals surface area contributed by atoms with E-state index in [2.05, 4.69) is 9.93 Å². The molecule has 1 N–H and O–H groups in total. The molecule has 3 aromatic rings. The number of benzene rings is 3. The van der Waals surface area contributed by atoms with Crippen LogP contribution in [0.5, 0.6) is 5.75 Å². The van der Waals surface area contributed by atoms with Crippen LogP contribution in [0.2, 0.25) is 0 Å². The van der Waals surface area contributed by atoms with Gasteiger partial charge in [0.15, 0.2) is 0 Å². The molecule has 0 atom stereocenters. The van der Waals surface area contributed by atoms with Crippen molar-refractivity contribution >= 4 is 28.3 Å². The Morgan fingerprint density at radius 3 is 2.10 bits per heavy atom. The Morgan fingerprint density at radius 1 is 0.828 bits per heavy atom. The lowest BCUT2D eigenvalue weighted by Crippen LogP contribution is -2.18. The molecule has 7 heteroatoms. The smallest absolute Gasteiger partial charge is 0.336 e. The number of esters is 1. The van der Waals surface area contributed by atoms with Crippen molar-refractivity contribution in [2.24, 2.45) is 5.10 Å². The van der Waals surface area contributed by atoms with Crippen molar-refractivity contribution in [2.45, 2.75) is 4.90 Å². The molecule has 0 heterocycles. The molecule has 0 saturated carbocycles. The van der Waals surface area contributed by atoms with Gasteiger partial charge in [0.2, 0.25) is 0 Å². The number of hydrogen-bond donors (Lipinski definition) is 1. The lowest BCUT2D eigenvalue weighted by atomic mass is 10.2. The summed E-state index contributed by atoms with van der Waals surface area (Å²) in [5, 5.41) is 3.76. The van der Waals surface area contributed by atoms with Crippen molar-refractivity contribution in [2.75, 3.05) is 0 Å². The van der Waals surface area contributed by atoms with Crippen LogP contribution in [0.25, 0.3) is 6.08 Å². The number of sulfonamides is 1. The van der Waals surface area contributed by atoms with Crippen molar-refractivity contribution in [3.05, 3.63) is 102 Å². The molecular formula is C22H18N2O4S. The van der Waals surface area contributed by atoms with Gasteiger partial charge in [-0.15, -0.1) is 0 Å². The Hall–Kier alpha value is -3.71. The van der Waals surface area contributed by atoms with E-state index in [1.807, 2.05) is 30.3 Å². The van der Waals surface area contributed by atoms with Gasteiger partial charge in [0.25, 0.3) is 10.0 Å². The largest absolute Gasteiger partial charge is 0.423 e. The molecule has 0 saturated heterocycles. The summed E-state index contributed by atoms with van der Waals surface area (Å²) in [5.74, 6) is -0.124. The highest BCUT2D eigenvalue weighted by atomic mass is 32.2. The van der Waals surface area contributed by atoms with E-state index in [1.54, 1.807) is 48.5 Å². The number of carbonyl (C=O) groups excluding carboxylic acids is 1. The van der Waals surface area contributed by atoms with Crippen molar-refractivity contribution in [3.8, 4) is 5.75 Å². The first-order chi connectivity index (χ1) is 14.0. The molecule has 0 aliphatic rings. The summed E-state index contributed by atoms with van der Waals surface area (Å²) in [6.07, 6.45) is 4.38. The van der Waals surface area contributed by atoms with Crippen LogP contribution in [0.15, 0.2) is 101 Å². The van der Waals surface area contributed by atoms with Gasteiger partial charge in [-0.3, -0.25) is 0 Å². The van der Waals surface area contributed by atoms with Gasteiger partial charge >= 0.3 is 5.97 Å². The Bertz CT molecular complexity index is 1110. The molecule has 0 amide bonds. The van der Waals surface area contributed by atoms with E-state index < -0.39 is 16.0 Å². The third-order valence-corrected chi connectivity index (χ3v) is 4.99. The highest BCUT2D eigenvalue weighted by molar-refractivity contribution is 7.89. The average Bonchev–Trinajstić information content (AvgIpc) is 2.75. The molecule has 0 radical (unpaired) electrons. The molecule has 6 nitrogen and oxygen atoms in total. The van der Waals surface area contributed by atoms with Crippen LogP contribution in [0.1, 0.15) is 11.1 Å². The van der Waals surface area contributed by atoms with Crippen molar-refractivity contribution < 1.29 is 17.9 Å². The Morgan fingerprint density at radius 2 is 1.45 bits per heavy atom. The van der Waals surface area contributed by atoms with E-state index in [1.165, 1.54) is 24.4 Å². The number of rotatable bonds is 7. The third-order valence-electron chi connectivity index (χ3n) is 3.75. The normalized spacial score (nSPS) is 11.6. The monoisotopic (exact) mass is 406 g/mol. The Balaban J connectivity index is 1.55. The first-order valence-corrected chi connectivity index (χ1v) is 10.2. The van der Waals surface area contributed by atoms with Gasteiger partial charge in [-0.2, -0.15) is 13.5 Å². The maximum Gasteiger partial charge on any atom is 0.336 e. The van der Waals surface area contributed by atoms with Crippen LogP contribution in [-0.4, -0.2) is 20.6 Å². The summed E-state index contributed by atoms with van der Waals surface area (Å²) in [5.41, 5.74) is 1.54. The number of carbonyl (C=O) groups is 1. The minimum absolute atomic E-state index is 0.128. The lowest BCUT2D eigenvalue weighted by molar-refractivity contribution is -0.128. The van der Waals surface area contributed by atoms with Gasteiger partial charge in [-0.1, -0.05) is 48.5 Å². The Kier molecular flexibility index (Phi) is 6.55. The second kappa shape index (κ2) is 9.48. The van der Waals surface area contributed by atoms with Gasteiger partial charge in [-0.05, 0) is 53.6 Å². The van der Waals surface area contributed by atoms with Gasteiger partial charge in [0.1, 0.15) is 5.75 Å². The van der Waals surface area contributed by atoms with Crippen LogP contribution in [0.4, 0.5) is 0 Å². The third kappa shape index (κ3) is 6.15. The number of nitrogens with zero attached hydrogens (tertiary/aromatic N) is 1. The van der Waals surface area contributed by atoms with Gasteiger partial charge in [-0.25, -0.2) is 9.63 Å². The van der Waals surface area contributed by atoms with E-state index in [0.29, 0.717) is 11.3 Å². The summed E-state index contributed by atoms with van der Waals surface area (Å²) in [6.45, 7) is 0. The highest BCUT2D eigenvalue weighted by Crippen LogP contribution is 2.12. The molecule has 146 valence electrons. The molecule has 0 fully saturated rings. The van der Waals surface area contributed by atoms with Gasteiger partial charge < -0.3 is 4.74 Å². The molecule has 0 aliphatic heterocycles. The molecule has 0 bridgehead atoms. The number of nitrogens with one attached hydrogen (secondary N) is 1. The molecular weight excluding hydrogens is 388 g/mol. The maximum absolute atomic E-state index is 12.1. The number of hydrogen-bond acceptors (Lipinski definition) is 5. The average molecular weight is 406 g/mol. The molecule has 0 aliphatic carbocycles. The van der Waals surface area contributed by atoms with Crippen LogP contribution in [0.3, 0.4) is 0 Å². The van der Waals surface area contributed by atoms with Crippen LogP contribution < -0.4 is 9.57 Å². The maximum atomic E-state index is 12.1. The summed E-state index contributed by atoms with van der Waals surface area (Å²) in [7, 11) is -3.71. The zero-order chi connectivity index (χ0) is 20.5. The molecule has 0 spiro atoms. The molecule has 0 aromatic heterocycles. The standard InChI is InChI=1S/C22H18N2O4S/c25-22(16-13-18-7-3-1-4-8-18)28-20-14-11-19(12-15-20)17-23-24-29(26,27)21-9-5-2-6-10-21/h1-17,24H/b16-13+,23-17-. The molecule has 3 rings (SSSR count). The van der Waals surface area contributed by atoms with Gasteiger partial charge in [0.05, 0.1) is 11.1 Å². The highest BCUT2D eigenvalue weighted by Gasteiger charge is 2.11. The molecule has 29 heavy (non-hydrogen) atoms. The zero-order valence-corrected chi connectivity index (χ0v) is 16.1. The van der Waals surface area contributed by atoms with Crippen LogP contribution in [-0.2, 0) is 14.8 Å². The van der Waals surface area contributed by atoms with Crippen molar-refractivity contribution in [3.63, 3.8) is 0 Å². The SMILES string of the molecule is O=C(/C=C/c1ccccc1)Oc1ccc(/C=N\NS(=O)(=O)c2ccccc2)cc1. The van der Waals surface area contributed by atoms with Crippen molar-refractivity contribution in [1.82, 2.24) is 4.83 Å². The Labute approximate surface area is 169 Å². The van der Waals surface area contributed by atoms with E-state index in [-0.39, 0.29) is 4.90 Å². The summed E-state index contributed by atoms with van der Waals surface area (Å²) < 4.78 is 29.4. The fourth-order valence-corrected chi connectivity index (χ4v) is 3.14. The second-order valence-electron chi connectivity index (χ2n) is 5.90. The second-order valence-corrected chi connectivity index (χ2v) is 7.56.